The first-order valence-corrected chi connectivity index (χ1v) is 8.15. The quantitative estimate of drug-likeness (QED) is 0.781. The third-order valence-electron chi connectivity index (χ3n) is 4.26. The van der Waals surface area contributed by atoms with Crippen molar-refractivity contribution < 1.29 is 19.1 Å². The molecule has 0 spiro atoms. The molecule has 4 amide bonds. The molecule has 1 aromatic rings. The van der Waals surface area contributed by atoms with Gasteiger partial charge in [0.1, 0.15) is 5.75 Å². The predicted molar refractivity (Wildman–Crippen MR) is 92.2 cm³/mol. The minimum absolute atomic E-state index is 0.00749. The van der Waals surface area contributed by atoms with Crippen molar-refractivity contribution in [1.29, 1.82) is 0 Å². The second kappa shape index (κ2) is 8.48. The number of carbonyl (C=O) groups excluding carboxylic acids is 3. The number of ether oxygens (including phenoxy) is 1. The molecule has 0 bridgehead atoms. The highest BCUT2D eigenvalue weighted by Crippen LogP contribution is 2.20. The van der Waals surface area contributed by atoms with E-state index in [-0.39, 0.29) is 19.1 Å². The van der Waals surface area contributed by atoms with E-state index in [2.05, 4.69) is 0 Å². The molecule has 0 unspecified atom stereocenters. The lowest BCUT2D eigenvalue weighted by Gasteiger charge is -2.34. The van der Waals surface area contributed by atoms with Gasteiger partial charge < -0.3 is 15.4 Å². The van der Waals surface area contributed by atoms with E-state index in [0.29, 0.717) is 26.2 Å². The summed E-state index contributed by atoms with van der Waals surface area (Å²) >= 11 is 0. The number of rotatable bonds is 5. The van der Waals surface area contributed by atoms with Gasteiger partial charge in [-0.15, -0.1) is 0 Å². The molecule has 1 fully saturated rings. The summed E-state index contributed by atoms with van der Waals surface area (Å²) in [6, 6.07) is 4.89. The summed E-state index contributed by atoms with van der Waals surface area (Å²) in [5, 5.41) is 2.03. The fraction of sp³-hybridized carbons (Fsp3) is 0.471. The Morgan fingerprint density at radius 1 is 1.16 bits per heavy atom. The summed E-state index contributed by atoms with van der Waals surface area (Å²) in [6.45, 7) is 6.18. The van der Waals surface area contributed by atoms with Crippen LogP contribution >= 0.6 is 0 Å². The van der Waals surface area contributed by atoms with Crippen molar-refractivity contribution >= 4 is 17.8 Å². The Balaban J connectivity index is 1.76. The molecule has 1 aromatic carbocycles. The highest BCUT2D eigenvalue weighted by Gasteiger charge is 2.23. The third-order valence-corrected chi connectivity index (χ3v) is 4.26. The van der Waals surface area contributed by atoms with E-state index in [9.17, 15) is 14.4 Å². The largest absolute Gasteiger partial charge is 0.483 e. The number of nitrogens with two attached hydrogens (primary N) is 1. The molecule has 0 aliphatic carbocycles. The van der Waals surface area contributed by atoms with Crippen molar-refractivity contribution in [3.8, 4) is 5.75 Å². The second-order valence-electron chi connectivity index (χ2n) is 6.06. The number of aryl methyl sites for hydroxylation is 1. The number of carbonyl (C=O) groups is 3. The van der Waals surface area contributed by atoms with Gasteiger partial charge in [-0.3, -0.25) is 19.8 Å². The summed E-state index contributed by atoms with van der Waals surface area (Å²) < 4.78 is 5.65. The van der Waals surface area contributed by atoms with E-state index in [4.69, 9.17) is 10.5 Å². The van der Waals surface area contributed by atoms with Crippen molar-refractivity contribution in [2.24, 2.45) is 5.73 Å². The van der Waals surface area contributed by atoms with E-state index in [1.54, 1.807) is 4.90 Å². The average Bonchev–Trinajstić information content (AvgIpc) is 2.56. The molecule has 0 aromatic heterocycles. The number of primary amides is 1. The Morgan fingerprint density at radius 3 is 2.48 bits per heavy atom. The zero-order chi connectivity index (χ0) is 18.4. The molecule has 2 rings (SSSR count). The van der Waals surface area contributed by atoms with E-state index >= 15 is 0 Å². The lowest BCUT2D eigenvalue weighted by molar-refractivity contribution is -0.135. The number of imide groups is 1. The van der Waals surface area contributed by atoms with Crippen molar-refractivity contribution in [1.82, 2.24) is 15.1 Å². The SMILES string of the molecule is Cc1cccc(OCC(=O)N2CCN(CC(=O)NC(N)=O)CC2)c1C. The van der Waals surface area contributed by atoms with E-state index in [1.807, 2.05) is 42.3 Å². The van der Waals surface area contributed by atoms with E-state index in [1.165, 1.54) is 0 Å². The summed E-state index contributed by atoms with van der Waals surface area (Å²) in [4.78, 5) is 38.0. The molecule has 0 atom stereocenters. The number of piperazine rings is 1. The molecule has 8 heteroatoms. The zero-order valence-electron chi connectivity index (χ0n) is 14.6. The Bertz CT molecular complexity index is 654. The maximum absolute atomic E-state index is 12.3. The fourth-order valence-electron chi connectivity index (χ4n) is 2.65. The van der Waals surface area contributed by atoms with Gasteiger partial charge >= 0.3 is 6.03 Å². The van der Waals surface area contributed by atoms with Gasteiger partial charge in [-0.25, -0.2) is 4.79 Å². The van der Waals surface area contributed by atoms with Crippen LogP contribution in [0.4, 0.5) is 4.79 Å². The molecule has 3 N–H and O–H groups in total. The van der Waals surface area contributed by atoms with Crippen LogP contribution in [0.5, 0.6) is 5.75 Å². The lowest BCUT2D eigenvalue weighted by atomic mass is 10.1. The van der Waals surface area contributed by atoms with Gasteiger partial charge in [0.15, 0.2) is 6.61 Å². The maximum atomic E-state index is 12.3. The van der Waals surface area contributed by atoms with Crippen LogP contribution in [0.2, 0.25) is 0 Å². The number of benzene rings is 1. The van der Waals surface area contributed by atoms with Gasteiger partial charge in [-0.05, 0) is 31.0 Å². The second-order valence-corrected chi connectivity index (χ2v) is 6.06. The maximum Gasteiger partial charge on any atom is 0.318 e. The topological polar surface area (TPSA) is 105 Å². The Kier molecular flexibility index (Phi) is 6.35. The number of hydrogen-bond donors (Lipinski definition) is 2. The molecule has 0 saturated carbocycles. The minimum atomic E-state index is -0.859. The molecule has 8 nitrogen and oxygen atoms in total. The van der Waals surface area contributed by atoms with E-state index < -0.39 is 11.9 Å². The first kappa shape index (κ1) is 18.7. The summed E-state index contributed by atoms with van der Waals surface area (Å²) in [5.74, 6) is 0.197. The van der Waals surface area contributed by atoms with E-state index in [0.717, 1.165) is 16.9 Å². The van der Waals surface area contributed by atoms with Crippen LogP contribution < -0.4 is 15.8 Å². The lowest BCUT2D eigenvalue weighted by Crippen LogP contribution is -2.52. The first-order valence-electron chi connectivity index (χ1n) is 8.15. The van der Waals surface area contributed by atoms with Crippen LogP contribution in [0, 0.1) is 13.8 Å². The molecule has 0 radical (unpaired) electrons. The normalized spacial score (nSPS) is 14.9. The standard InChI is InChI=1S/C17H24N4O4/c1-12-4-3-5-14(13(12)2)25-11-16(23)21-8-6-20(7-9-21)10-15(22)19-17(18)24/h3-5H,6-11H2,1-2H3,(H3,18,19,22,24). The molecule has 136 valence electrons. The van der Waals surface area contributed by atoms with Gasteiger partial charge in [0.2, 0.25) is 5.91 Å². The highest BCUT2D eigenvalue weighted by molar-refractivity contribution is 5.94. The molecule has 1 aliphatic rings. The Hall–Kier alpha value is -2.61. The van der Waals surface area contributed by atoms with Gasteiger partial charge in [-0.1, -0.05) is 12.1 Å². The molecule has 1 aliphatic heterocycles. The average molecular weight is 348 g/mol. The van der Waals surface area contributed by atoms with Crippen LogP contribution in [0.15, 0.2) is 18.2 Å². The number of nitrogens with zero attached hydrogens (tertiary/aromatic N) is 2. The van der Waals surface area contributed by atoms with Gasteiger partial charge in [0, 0.05) is 26.2 Å². The summed E-state index contributed by atoms with van der Waals surface area (Å²) in [6.07, 6.45) is 0. The third kappa shape index (κ3) is 5.46. The Morgan fingerprint density at radius 2 is 1.84 bits per heavy atom. The Labute approximate surface area is 146 Å². The number of urea groups is 1. The molecule has 1 saturated heterocycles. The van der Waals surface area contributed by atoms with Crippen molar-refractivity contribution in [3.05, 3.63) is 29.3 Å². The van der Waals surface area contributed by atoms with Gasteiger partial charge in [-0.2, -0.15) is 0 Å². The van der Waals surface area contributed by atoms with Crippen molar-refractivity contribution in [2.75, 3.05) is 39.3 Å². The number of amides is 4. The monoisotopic (exact) mass is 348 g/mol. The highest BCUT2D eigenvalue weighted by atomic mass is 16.5. The van der Waals surface area contributed by atoms with Crippen LogP contribution in [0.3, 0.4) is 0 Å². The van der Waals surface area contributed by atoms with Gasteiger partial charge in [0.25, 0.3) is 5.91 Å². The first-order chi connectivity index (χ1) is 11.9. The van der Waals surface area contributed by atoms with Crippen LogP contribution in [0.25, 0.3) is 0 Å². The smallest absolute Gasteiger partial charge is 0.318 e. The van der Waals surface area contributed by atoms with Gasteiger partial charge in [0.05, 0.1) is 6.54 Å². The molecular formula is C17H24N4O4. The summed E-state index contributed by atoms with van der Waals surface area (Å²) in [7, 11) is 0. The van der Waals surface area contributed by atoms with Crippen molar-refractivity contribution in [2.45, 2.75) is 13.8 Å². The molecular weight excluding hydrogens is 324 g/mol. The predicted octanol–water partition coefficient (Wildman–Crippen LogP) is 0.0213. The van der Waals surface area contributed by atoms with Crippen molar-refractivity contribution in [3.63, 3.8) is 0 Å². The minimum Gasteiger partial charge on any atom is -0.483 e. The summed E-state index contributed by atoms with van der Waals surface area (Å²) in [5.41, 5.74) is 7.05. The number of nitrogens with one attached hydrogen (secondary N) is 1. The number of hydrogen-bond acceptors (Lipinski definition) is 5. The van der Waals surface area contributed by atoms with Crippen LogP contribution in [0.1, 0.15) is 11.1 Å². The van der Waals surface area contributed by atoms with Crippen LogP contribution in [-0.4, -0.2) is 67.0 Å². The zero-order valence-corrected chi connectivity index (χ0v) is 14.6. The van der Waals surface area contributed by atoms with Crippen LogP contribution in [-0.2, 0) is 9.59 Å². The molecule has 25 heavy (non-hydrogen) atoms. The fourth-order valence-corrected chi connectivity index (χ4v) is 2.65. The molecule has 1 heterocycles.